The molecule has 0 bridgehead atoms. The first-order valence-corrected chi connectivity index (χ1v) is 9.15. The third kappa shape index (κ3) is 4.41. The van der Waals surface area contributed by atoms with Crippen LogP contribution in [0.1, 0.15) is 15.9 Å². The van der Waals surface area contributed by atoms with Crippen molar-refractivity contribution in [3.8, 4) is 17.1 Å². The van der Waals surface area contributed by atoms with E-state index in [1.54, 1.807) is 35.1 Å². The lowest BCUT2D eigenvalue weighted by Gasteiger charge is -2.05. The van der Waals surface area contributed by atoms with Gasteiger partial charge >= 0.3 is 0 Å². The zero-order valence-electron chi connectivity index (χ0n) is 15.2. The van der Waals surface area contributed by atoms with Crippen LogP contribution in [0, 0.1) is 0 Å². The van der Waals surface area contributed by atoms with Crippen molar-refractivity contribution in [2.45, 2.75) is 6.54 Å². The topological polar surface area (TPSA) is 92.9 Å². The number of amides is 1. The van der Waals surface area contributed by atoms with Crippen molar-refractivity contribution < 1.29 is 9.90 Å². The molecule has 8 heteroatoms. The molecule has 4 aromatic rings. The first-order valence-electron chi connectivity index (χ1n) is 8.77. The molecular weight excluding hydrogens is 390 g/mol. The largest absolute Gasteiger partial charge is 0.508 e. The normalized spacial score (nSPS) is 10.7. The molecule has 0 spiro atoms. The summed E-state index contributed by atoms with van der Waals surface area (Å²) in [7, 11) is 0. The lowest BCUT2D eigenvalue weighted by Crippen LogP contribution is -2.11. The number of halogens is 1. The van der Waals surface area contributed by atoms with Crippen LogP contribution in [0.4, 0.5) is 5.69 Å². The maximum absolute atomic E-state index is 12.5. The zero-order valence-corrected chi connectivity index (χ0v) is 15.9. The number of nitrogens with one attached hydrogen (secondary N) is 1. The fourth-order valence-corrected chi connectivity index (χ4v) is 2.95. The summed E-state index contributed by atoms with van der Waals surface area (Å²) in [6, 6.07) is 14.1. The fourth-order valence-electron chi connectivity index (χ4n) is 2.76. The molecule has 0 saturated heterocycles. The number of rotatable bonds is 5. The Balaban J connectivity index is 1.43. The molecule has 2 heterocycles. The van der Waals surface area contributed by atoms with E-state index in [1.807, 2.05) is 24.3 Å². The van der Waals surface area contributed by atoms with Crippen molar-refractivity contribution >= 4 is 23.2 Å². The fraction of sp³-hybridized carbons (Fsp3) is 0.0476. The summed E-state index contributed by atoms with van der Waals surface area (Å²) < 4.78 is 1.65. The van der Waals surface area contributed by atoms with E-state index in [2.05, 4.69) is 20.4 Å². The van der Waals surface area contributed by atoms with Crippen LogP contribution >= 0.6 is 11.6 Å². The van der Waals surface area contributed by atoms with E-state index in [0.29, 0.717) is 34.2 Å². The minimum atomic E-state index is -0.316. The Hall–Kier alpha value is -3.71. The molecule has 0 aliphatic carbocycles. The van der Waals surface area contributed by atoms with Gasteiger partial charge in [-0.15, -0.1) is 0 Å². The third-order valence-corrected chi connectivity index (χ3v) is 4.57. The molecule has 0 fully saturated rings. The van der Waals surface area contributed by atoms with Gasteiger partial charge in [-0.25, -0.2) is 9.97 Å². The highest BCUT2D eigenvalue weighted by Crippen LogP contribution is 2.20. The predicted octanol–water partition coefficient (Wildman–Crippen LogP) is 4.00. The number of anilines is 1. The molecule has 29 heavy (non-hydrogen) atoms. The maximum Gasteiger partial charge on any atom is 0.258 e. The van der Waals surface area contributed by atoms with Crippen molar-refractivity contribution in [3.05, 3.63) is 89.5 Å². The quantitative estimate of drug-likeness (QED) is 0.523. The van der Waals surface area contributed by atoms with E-state index < -0.39 is 0 Å². The summed E-state index contributed by atoms with van der Waals surface area (Å²) in [6.07, 6.45) is 6.17. The monoisotopic (exact) mass is 405 g/mol. The molecule has 1 amide bonds. The van der Waals surface area contributed by atoms with Gasteiger partial charge < -0.3 is 10.4 Å². The van der Waals surface area contributed by atoms with Gasteiger partial charge in [-0.1, -0.05) is 41.9 Å². The van der Waals surface area contributed by atoms with Crippen LogP contribution in [-0.4, -0.2) is 30.8 Å². The molecule has 0 unspecified atom stereocenters. The second-order valence-corrected chi connectivity index (χ2v) is 6.72. The van der Waals surface area contributed by atoms with Gasteiger partial charge in [-0.2, -0.15) is 5.10 Å². The van der Waals surface area contributed by atoms with E-state index in [4.69, 9.17) is 11.6 Å². The Morgan fingerprint density at radius 1 is 1.07 bits per heavy atom. The van der Waals surface area contributed by atoms with Crippen LogP contribution in [0.25, 0.3) is 11.4 Å². The Labute approximate surface area is 171 Å². The van der Waals surface area contributed by atoms with Crippen LogP contribution in [0.5, 0.6) is 5.75 Å². The highest BCUT2D eigenvalue weighted by Gasteiger charge is 2.11. The molecule has 2 N–H and O–H groups in total. The molecule has 0 aliphatic heterocycles. The van der Waals surface area contributed by atoms with Gasteiger partial charge in [0.2, 0.25) is 0 Å². The number of nitrogens with zero attached hydrogens (tertiary/aromatic N) is 4. The van der Waals surface area contributed by atoms with Crippen LogP contribution in [-0.2, 0) is 6.54 Å². The van der Waals surface area contributed by atoms with Gasteiger partial charge in [0.25, 0.3) is 5.91 Å². The highest BCUT2D eigenvalue weighted by atomic mass is 35.5. The van der Waals surface area contributed by atoms with Gasteiger partial charge in [0.05, 0.1) is 36.4 Å². The third-order valence-electron chi connectivity index (χ3n) is 4.20. The molecule has 7 nitrogen and oxygen atoms in total. The first kappa shape index (κ1) is 18.6. The minimum absolute atomic E-state index is 0.136. The summed E-state index contributed by atoms with van der Waals surface area (Å²) in [5.74, 6) is 0.271. The average molecular weight is 406 g/mol. The summed E-state index contributed by atoms with van der Waals surface area (Å²) in [4.78, 5) is 20.9. The number of hydrogen-bond acceptors (Lipinski definition) is 5. The summed E-state index contributed by atoms with van der Waals surface area (Å²) >= 11 is 6.17. The number of benzene rings is 2. The smallest absolute Gasteiger partial charge is 0.258 e. The second-order valence-electron chi connectivity index (χ2n) is 6.32. The predicted molar refractivity (Wildman–Crippen MR) is 110 cm³/mol. The number of phenols is 1. The molecule has 0 radical (unpaired) electrons. The van der Waals surface area contributed by atoms with E-state index in [0.717, 1.165) is 5.56 Å². The number of aromatic nitrogens is 4. The van der Waals surface area contributed by atoms with E-state index in [1.165, 1.54) is 18.6 Å². The molecule has 2 aromatic heterocycles. The van der Waals surface area contributed by atoms with Crippen molar-refractivity contribution in [2.75, 3.05) is 5.32 Å². The standard InChI is InChI=1S/C21H16ClN5O2/c22-19-7-2-1-4-15(19)12-27-13-16(9-25-27)21(29)26-17-10-23-20(24-11-17)14-5-3-6-18(28)8-14/h1-11,13,28H,12H2,(H,26,29). The number of hydrogen-bond donors (Lipinski definition) is 2. The minimum Gasteiger partial charge on any atom is -0.508 e. The second kappa shape index (κ2) is 8.12. The van der Waals surface area contributed by atoms with Crippen molar-refractivity contribution in [3.63, 3.8) is 0 Å². The Morgan fingerprint density at radius 2 is 1.86 bits per heavy atom. The molecular formula is C21H16ClN5O2. The van der Waals surface area contributed by atoms with Crippen molar-refractivity contribution in [1.29, 1.82) is 0 Å². The van der Waals surface area contributed by atoms with Gasteiger partial charge in [-0.3, -0.25) is 9.48 Å². The van der Waals surface area contributed by atoms with Crippen molar-refractivity contribution in [2.24, 2.45) is 0 Å². The Morgan fingerprint density at radius 3 is 2.62 bits per heavy atom. The molecule has 4 rings (SSSR count). The number of carbonyl (C=O) groups excluding carboxylic acids is 1. The van der Waals surface area contributed by atoms with Crippen molar-refractivity contribution in [1.82, 2.24) is 19.7 Å². The average Bonchev–Trinajstić information content (AvgIpc) is 3.19. The van der Waals surface area contributed by atoms with E-state index >= 15 is 0 Å². The summed E-state index contributed by atoms with van der Waals surface area (Å²) in [5.41, 5.74) is 2.47. The van der Waals surface area contributed by atoms with Gasteiger partial charge in [0.1, 0.15) is 5.75 Å². The van der Waals surface area contributed by atoms with Crippen LogP contribution in [0.15, 0.2) is 73.3 Å². The molecule has 2 aromatic carbocycles. The molecule has 0 saturated carbocycles. The highest BCUT2D eigenvalue weighted by molar-refractivity contribution is 6.31. The van der Waals surface area contributed by atoms with Gasteiger partial charge in [-0.05, 0) is 23.8 Å². The molecule has 0 aliphatic rings. The lowest BCUT2D eigenvalue weighted by atomic mass is 10.2. The van der Waals surface area contributed by atoms with Gasteiger partial charge in [0, 0.05) is 16.8 Å². The van der Waals surface area contributed by atoms with E-state index in [-0.39, 0.29) is 11.7 Å². The Bertz CT molecular complexity index is 1160. The Kier molecular flexibility index (Phi) is 5.22. The number of aromatic hydroxyl groups is 1. The van der Waals surface area contributed by atoms with Crippen LogP contribution in [0.3, 0.4) is 0 Å². The molecule has 144 valence electrons. The zero-order chi connectivity index (χ0) is 20.2. The summed E-state index contributed by atoms with van der Waals surface area (Å²) in [6.45, 7) is 0.467. The number of phenolic OH excluding ortho intramolecular Hbond substituents is 1. The van der Waals surface area contributed by atoms with Crippen LogP contribution < -0.4 is 5.32 Å². The lowest BCUT2D eigenvalue weighted by molar-refractivity contribution is 0.102. The van der Waals surface area contributed by atoms with E-state index in [9.17, 15) is 9.90 Å². The maximum atomic E-state index is 12.5. The molecule has 0 atom stereocenters. The first-order chi connectivity index (χ1) is 14.1. The number of carbonyl (C=O) groups is 1. The van der Waals surface area contributed by atoms with Crippen LogP contribution in [0.2, 0.25) is 5.02 Å². The SMILES string of the molecule is O=C(Nc1cnc(-c2cccc(O)c2)nc1)c1cnn(Cc2ccccc2Cl)c1. The summed E-state index contributed by atoms with van der Waals surface area (Å²) in [5, 5.41) is 17.2. The van der Waals surface area contributed by atoms with Gasteiger partial charge in [0.15, 0.2) is 5.82 Å².